The van der Waals surface area contributed by atoms with Crippen LogP contribution in [0.3, 0.4) is 0 Å². The lowest BCUT2D eigenvalue weighted by Crippen LogP contribution is -2.38. The first-order valence-electron chi connectivity index (χ1n) is 8.33. The van der Waals surface area contributed by atoms with E-state index in [9.17, 15) is 9.59 Å². The van der Waals surface area contributed by atoms with E-state index in [2.05, 4.69) is 22.2 Å². The number of hydrogen-bond acceptors (Lipinski definition) is 5. The van der Waals surface area contributed by atoms with Crippen molar-refractivity contribution in [1.82, 2.24) is 15.3 Å². The number of esters is 1. The van der Waals surface area contributed by atoms with Crippen LogP contribution in [0, 0.1) is 6.92 Å². The Morgan fingerprint density at radius 3 is 2.48 bits per heavy atom. The third-order valence-corrected chi connectivity index (χ3v) is 3.93. The van der Waals surface area contributed by atoms with Gasteiger partial charge in [-0.2, -0.15) is 0 Å². The van der Waals surface area contributed by atoms with Crippen LogP contribution in [0.4, 0.5) is 0 Å². The Morgan fingerprint density at radius 1 is 1.16 bits per heavy atom. The van der Waals surface area contributed by atoms with E-state index in [1.807, 2.05) is 30.3 Å². The molecule has 0 spiro atoms. The molecule has 0 aliphatic rings. The molecular weight excluding hydrogens is 318 g/mol. The number of ether oxygens (including phenoxy) is 1. The molecule has 6 nitrogen and oxygen atoms in total. The first kappa shape index (κ1) is 18.6. The highest BCUT2D eigenvalue weighted by Crippen LogP contribution is 2.18. The van der Waals surface area contributed by atoms with Crippen molar-refractivity contribution in [3.63, 3.8) is 0 Å². The summed E-state index contributed by atoms with van der Waals surface area (Å²) in [5.74, 6) is -0.774. The summed E-state index contributed by atoms with van der Waals surface area (Å²) in [6.07, 6.45) is 2.82. The Kier molecular flexibility index (Phi) is 6.62. The second-order valence-electron chi connectivity index (χ2n) is 5.85. The highest BCUT2D eigenvalue weighted by molar-refractivity contribution is 5.90. The van der Waals surface area contributed by atoms with E-state index in [1.165, 1.54) is 18.0 Å². The predicted octanol–water partition coefficient (Wildman–Crippen LogP) is 2.64. The van der Waals surface area contributed by atoms with Crippen LogP contribution in [0.25, 0.3) is 0 Å². The van der Waals surface area contributed by atoms with Crippen LogP contribution in [0.15, 0.2) is 42.7 Å². The Bertz CT molecular complexity index is 702. The molecule has 0 unspecified atom stereocenters. The molecule has 2 atom stereocenters. The molecule has 0 saturated heterocycles. The zero-order valence-corrected chi connectivity index (χ0v) is 14.7. The summed E-state index contributed by atoms with van der Waals surface area (Å²) in [6, 6.07) is 10.0. The van der Waals surface area contributed by atoms with Gasteiger partial charge in [-0.1, -0.05) is 37.3 Å². The minimum atomic E-state index is -0.899. The molecule has 132 valence electrons. The molecule has 1 heterocycles. The molecule has 6 heteroatoms. The maximum Gasteiger partial charge on any atom is 0.359 e. The molecule has 0 fully saturated rings. The molecule has 1 N–H and O–H groups in total. The van der Waals surface area contributed by atoms with Gasteiger partial charge in [-0.05, 0) is 25.8 Å². The number of carbonyl (C=O) groups is 2. The maximum atomic E-state index is 12.2. The van der Waals surface area contributed by atoms with E-state index in [0.717, 1.165) is 6.42 Å². The van der Waals surface area contributed by atoms with Crippen molar-refractivity contribution in [1.29, 1.82) is 0 Å². The van der Waals surface area contributed by atoms with E-state index in [0.29, 0.717) is 12.2 Å². The van der Waals surface area contributed by atoms with Gasteiger partial charge in [-0.3, -0.25) is 9.78 Å². The van der Waals surface area contributed by atoms with E-state index in [-0.39, 0.29) is 17.5 Å². The van der Waals surface area contributed by atoms with Crippen molar-refractivity contribution < 1.29 is 14.3 Å². The van der Waals surface area contributed by atoms with Gasteiger partial charge in [0.15, 0.2) is 11.8 Å². The van der Waals surface area contributed by atoms with Crippen LogP contribution < -0.4 is 5.32 Å². The SMILES string of the molecule is CC[C@@H](CNC(=O)[C@H](C)OC(=O)c1cnc(C)cn1)c1ccccc1. The van der Waals surface area contributed by atoms with Crippen LogP contribution in [0.2, 0.25) is 0 Å². The average Bonchev–Trinajstić information content (AvgIpc) is 2.63. The number of rotatable bonds is 7. The Morgan fingerprint density at radius 2 is 1.88 bits per heavy atom. The lowest BCUT2D eigenvalue weighted by Gasteiger charge is -2.18. The van der Waals surface area contributed by atoms with Crippen molar-refractivity contribution in [3.8, 4) is 0 Å². The van der Waals surface area contributed by atoms with E-state index >= 15 is 0 Å². The quantitative estimate of drug-likeness (QED) is 0.783. The first-order chi connectivity index (χ1) is 12.0. The summed E-state index contributed by atoms with van der Waals surface area (Å²) in [6.45, 7) is 5.88. The number of aromatic nitrogens is 2. The maximum absolute atomic E-state index is 12.2. The van der Waals surface area contributed by atoms with Gasteiger partial charge in [0.1, 0.15) is 0 Å². The van der Waals surface area contributed by atoms with Gasteiger partial charge in [-0.15, -0.1) is 0 Å². The molecule has 2 rings (SSSR count). The highest BCUT2D eigenvalue weighted by atomic mass is 16.5. The third kappa shape index (κ3) is 5.38. The van der Waals surface area contributed by atoms with Gasteiger partial charge in [0.05, 0.1) is 11.9 Å². The summed E-state index contributed by atoms with van der Waals surface area (Å²) in [5, 5.41) is 2.85. The number of amides is 1. The molecule has 25 heavy (non-hydrogen) atoms. The second kappa shape index (κ2) is 8.92. The summed E-state index contributed by atoms with van der Waals surface area (Å²) >= 11 is 0. The zero-order valence-electron chi connectivity index (χ0n) is 14.7. The van der Waals surface area contributed by atoms with Crippen molar-refractivity contribution in [2.75, 3.05) is 6.54 Å². The Labute approximate surface area is 147 Å². The molecule has 0 saturated carbocycles. The summed E-state index contributed by atoms with van der Waals surface area (Å²) in [4.78, 5) is 32.1. The van der Waals surface area contributed by atoms with Gasteiger partial charge in [0.2, 0.25) is 0 Å². The zero-order chi connectivity index (χ0) is 18.2. The van der Waals surface area contributed by atoms with Crippen LogP contribution in [0.5, 0.6) is 0 Å². The summed E-state index contributed by atoms with van der Waals surface area (Å²) in [7, 11) is 0. The van der Waals surface area contributed by atoms with Gasteiger partial charge < -0.3 is 10.1 Å². The van der Waals surface area contributed by atoms with Gasteiger partial charge in [0.25, 0.3) is 5.91 Å². The number of hydrogen-bond donors (Lipinski definition) is 1. The molecule has 2 aromatic rings. The van der Waals surface area contributed by atoms with Crippen LogP contribution in [-0.2, 0) is 9.53 Å². The minimum Gasteiger partial charge on any atom is -0.448 e. The molecule has 0 aliphatic heterocycles. The Hall–Kier alpha value is -2.76. The fraction of sp³-hybridized carbons (Fsp3) is 0.368. The monoisotopic (exact) mass is 341 g/mol. The average molecular weight is 341 g/mol. The number of aryl methyl sites for hydroxylation is 1. The molecular formula is C19H23N3O3. The van der Waals surface area contributed by atoms with Gasteiger partial charge >= 0.3 is 5.97 Å². The largest absolute Gasteiger partial charge is 0.448 e. The topological polar surface area (TPSA) is 81.2 Å². The van der Waals surface area contributed by atoms with E-state index in [4.69, 9.17) is 4.74 Å². The number of carbonyl (C=O) groups excluding carboxylic acids is 2. The molecule has 1 amide bonds. The van der Waals surface area contributed by atoms with Crippen LogP contribution >= 0.6 is 0 Å². The normalized spacial score (nSPS) is 12.9. The van der Waals surface area contributed by atoms with Crippen molar-refractivity contribution in [2.24, 2.45) is 0 Å². The number of benzene rings is 1. The van der Waals surface area contributed by atoms with Crippen molar-refractivity contribution >= 4 is 11.9 Å². The lowest BCUT2D eigenvalue weighted by molar-refractivity contribution is -0.129. The van der Waals surface area contributed by atoms with Crippen molar-refractivity contribution in [3.05, 3.63) is 59.7 Å². The Balaban J connectivity index is 1.87. The summed E-state index contributed by atoms with van der Waals surface area (Å²) < 4.78 is 5.16. The van der Waals surface area contributed by atoms with E-state index < -0.39 is 12.1 Å². The fourth-order valence-electron chi connectivity index (χ4n) is 2.36. The van der Waals surface area contributed by atoms with Crippen LogP contribution in [-0.4, -0.2) is 34.5 Å². The number of nitrogens with one attached hydrogen (secondary N) is 1. The van der Waals surface area contributed by atoms with Crippen LogP contribution in [0.1, 0.15) is 47.9 Å². The van der Waals surface area contributed by atoms with Gasteiger partial charge in [-0.25, -0.2) is 9.78 Å². The second-order valence-corrected chi connectivity index (χ2v) is 5.85. The molecule has 0 aliphatic carbocycles. The lowest BCUT2D eigenvalue weighted by atomic mass is 9.96. The highest BCUT2D eigenvalue weighted by Gasteiger charge is 2.21. The standard InChI is InChI=1S/C19H23N3O3/c1-4-15(16-8-6-5-7-9-16)11-22-18(23)14(3)25-19(24)17-12-20-13(2)10-21-17/h5-10,12,14-15H,4,11H2,1-3H3,(H,22,23)/t14-,15-/m0/s1. The molecule has 0 radical (unpaired) electrons. The van der Waals surface area contributed by atoms with Gasteiger partial charge in [0, 0.05) is 18.7 Å². The smallest absolute Gasteiger partial charge is 0.359 e. The molecule has 1 aromatic heterocycles. The minimum absolute atomic E-state index is 0.0842. The molecule has 0 bridgehead atoms. The number of nitrogens with zero attached hydrogens (tertiary/aromatic N) is 2. The molecule has 1 aromatic carbocycles. The summed E-state index contributed by atoms with van der Waals surface area (Å²) in [5.41, 5.74) is 1.96. The fourth-order valence-corrected chi connectivity index (χ4v) is 2.36. The first-order valence-corrected chi connectivity index (χ1v) is 8.33. The third-order valence-electron chi connectivity index (χ3n) is 3.93. The van der Waals surface area contributed by atoms with Crippen molar-refractivity contribution in [2.45, 2.75) is 39.2 Å². The predicted molar refractivity (Wildman–Crippen MR) is 94.1 cm³/mol. The van der Waals surface area contributed by atoms with E-state index in [1.54, 1.807) is 13.8 Å².